The van der Waals surface area contributed by atoms with Gasteiger partial charge in [0.15, 0.2) is 0 Å². The number of ether oxygens (including phenoxy) is 1. The molecule has 0 rings (SSSR count). The van der Waals surface area contributed by atoms with Crippen molar-refractivity contribution in [3.63, 3.8) is 0 Å². The van der Waals surface area contributed by atoms with Crippen molar-refractivity contribution in [1.82, 2.24) is 5.32 Å². The average Bonchev–Trinajstić information content (AvgIpc) is 3.24. The van der Waals surface area contributed by atoms with E-state index in [0.29, 0.717) is 25.7 Å². The standard InChI is InChI=1S/C54H93NO5/c1-4-7-10-13-16-19-22-24-26-27-28-30-32-35-38-41-44-47-54(59)60-50(45-42-39-36-33-31-29-25-23-20-17-14-11-8-5-2)48-53(58)55-51(49-56)52(57)46-43-40-37-34-21-18-15-12-9-6-3/h7,10,16,19,24,26,28-31,33,35-36,38,50-52,56-57H,4-6,8-9,11-15,17-18,20-23,25,27,32,34,37,39-49H2,1-3H3,(H,55,58)/b10-7-,19-16-,26-24-,30-28-,31-29+,36-33+,38-35-. The van der Waals surface area contributed by atoms with Crippen molar-refractivity contribution in [3.8, 4) is 0 Å². The lowest BCUT2D eigenvalue weighted by atomic mass is 10.0. The number of hydrogen-bond acceptors (Lipinski definition) is 5. The maximum atomic E-state index is 13.2. The van der Waals surface area contributed by atoms with E-state index in [0.717, 1.165) is 77.0 Å². The van der Waals surface area contributed by atoms with Gasteiger partial charge in [-0.15, -0.1) is 0 Å². The molecule has 60 heavy (non-hydrogen) atoms. The van der Waals surface area contributed by atoms with Gasteiger partial charge in [0.2, 0.25) is 5.91 Å². The van der Waals surface area contributed by atoms with Crippen LogP contribution in [-0.4, -0.2) is 46.9 Å². The first kappa shape index (κ1) is 57.0. The maximum Gasteiger partial charge on any atom is 0.306 e. The highest BCUT2D eigenvalue weighted by atomic mass is 16.5. The molecule has 0 saturated carbocycles. The van der Waals surface area contributed by atoms with Crippen LogP contribution in [0.15, 0.2) is 85.1 Å². The minimum atomic E-state index is -0.811. The number of rotatable bonds is 43. The molecule has 0 saturated heterocycles. The molecule has 3 N–H and O–H groups in total. The summed E-state index contributed by atoms with van der Waals surface area (Å²) in [4.78, 5) is 26.0. The van der Waals surface area contributed by atoms with Crippen LogP contribution in [-0.2, 0) is 14.3 Å². The third kappa shape index (κ3) is 41.8. The molecule has 344 valence electrons. The summed E-state index contributed by atoms with van der Waals surface area (Å²) < 4.78 is 5.87. The van der Waals surface area contributed by atoms with Gasteiger partial charge in [0.25, 0.3) is 0 Å². The number of nitrogens with one attached hydrogen (secondary N) is 1. The number of unbranched alkanes of at least 4 members (excludes halogenated alkanes) is 18. The number of esters is 1. The SMILES string of the molecule is CC/C=C\C/C=C\C/C=C\C/C=C\C/C=C\CCCC(=O)OC(CCC/C=C/C=C/CCCCCCCCC)CC(=O)NC(CO)C(O)CCCCCCCCCCCC. The van der Waals surface area contributed by atoms with Gasteiger partial charge in [0, 0.05) is 6.42 Å². The van der Waals surface area contributed by atoms with Crippen LogP contribution in [0.1, 0.15) is 220 Å². The van der Waals surface area contributed by atoms with E-state index in [2.05, 4.69) is 111 Å². The van der Waals surface area contributed by atoms with Crippen LogP contribution in [0.5, 0.6) is 0 Å². The lowest BCUT2D eigenvalue weighted by molar-refractivity contribution is -0.151. The van der Waals surface area contributed by atoms with Gasteiger partial charge in [0.1, 0.15) is 6.10 Å². The summed E-state index contributed by atoms with van der Waals surface area (Å²) in [6.45, 7) is 6.31. The van der Waals surface area contributed by atoms with E-state index < -0.39 is 18.2 Å². The number of amides is 1. The normalized spacial score (nSPS) is 14.0. The molecule has 0 fully saturated rings. The lowest BCUT2D eigenvalue weighted by Gasteiger charge is -2.24. The number of aliphatic hydroxyl groups is 2. The molecule has 0 heterocycles. The van der Waals surface area contributed by atoms with Crippen molar-refractivity contribution >= 4 is 11.9 Å². The van der Waals surface area contributed by atoms with Gasteiger partial charge < -0.3 is 20.3 Å². The van der Waals surface area contributed by atoms with Gasteiger partial charge >= 0.3 is 5.97 Å². The Balaban J connectivity index is 4.77. The maximum absolute atomic E-state index is 13.2. The molecule has 6 nitrogen and oxygen atoms in total. The molecule has 0 aromatic carbocycles. The second kappa shape index (κ2) is 47.1. The smallest absolute Gasteiger partial charge is 0.306 e. The van der Waals surface area contributed by atoms with Gasteiger partial charge in [-0.25, -0.2) is 0 Å². The molecule has 0 aliphatic heterocycles. The first-order valence-electron chi connectivity index (χ1n) is 24.8. The quantitative estimate of drug-likeness (QED) is 0.0246. The summed E-state index contributed by atoms with van der Waals surface area (Å²) in [6, 6.07) is -0.730. The summed E-state index contributed by atoms with van der Waals surface area (Å²) in [5.41, 5.74) is 0. The Labute approximate surface area is 370 Å². The van der Waals surface area contributed by atoms with E-state index in [9.17, 15) is 19.8 Å². The highest BCUT2D eigenvalue weighted by Crippen LogP contribution is 2.16. The molecular formula is C54H93NO5. The van der Waals surface area contributed by atoms with E-state index >= 15 is 0 Å². The molecule has 3 atom stereocenters. The molecular weight excluding hydrogens is 743 g/mol. The lowest BCUT2D eigenvalue weighted by Crippen LogP contribution is -2.46. The molecule has 0 aromatic rings. The Kier molecular flexibility index (Phi) is 44.8. The van der Waals surface area contributed by atoms with Crippen LogP contribution in [0.4, 0.5) is 0 Å². The van der Waals surface area contributed by atoms with Gasteiger partial charge in [-0.2, -0.15) is 0 Å². The summed E-state index contributed by atoms with van der Waals surface area (Å²) >= 11 is 0. The summed E-state index contributed by atoms with van der Waals surface area (Å²) in [7, 11) is 0. The summed E-state index contributed by atoms with van der Waals surface area (Å²) in [5.74, 6) is -0.597. The van der Waals surface area contributed by atoms with Crippen molar-refractivity contribution in [2.75, 3.05) is 6.61 Å². The Hall–Kier alpha value is -2.96. The zero-order valence-electron chi connectivity index (χ0n) is 39.1. The Bertz CT molecular complexity index is 1160. The van der Waals surface area contributed by atoms with E-state index in [4.69, 9.17) is 4.74 Å². The van der Waals surface area contributed by atoms with Crippen LogP contribution in [0.25, 0.3) is 0 Å². The molecule has 3 unspecified atom stereocenters. The third-order valence-corrected chi connectivity index (χ3v) is 10.7. The van der Waals surface area contributed by atoms with Crippen LogP contribution in [0.3, 0.4) is 0 Å². The molecule has 0 aliphatic rings. The zero-order valence-corrected chi connectivity index (χ0v) is 39.1. The van der Waals surface area contributed by atoms with E-state index in [1.165, 1.54) is 89.9 Å². The Morgan fingerprint density at radius 3 is 1.48 bits per heavy atom. The predicted molar refractivity (Wildman–Crippen MR) is 259 cm³/mol. The highest BCUT2D eigenvalue weighted by molar-refractivity contribution is 5.77. The zero-order chi connectivity index (χ0) is 43.8. The summed E-state index contributed by atoms with van der Waals surface area (Å²) in [6.07, 6.45) is 60.8. The fourth-order valence-corrected chi connectivity index (χ4v) is 6.99. The molecule has 0 bridgehead atoms. The number of allylic oxidation sites excluding steroid dienone is 14. The Morgan fingerprint density at radius 1 is 0.517 bits per heavy atom. The van der Waals surface area contributed by atoms with Crippen molar-refractivity contribution in [2.24, 2.45) is 0 Å². The molecule has 0 spiro atoms. The number of carbonyl (C=O) groups is 2. The summed E-state index contributed by atoms with van der Waals surface area (Å²) in [5, 5.41) is 23.6. The molecule has 0 aliphatic carbocycles. The van der Waals surface area contributed by atoms with E-state index in [-0.39, 0.29) is 24.9 Å². The molecule has 0 radical (unpaired) electrons. The van der Waals surface area contributed by atoms with Gasteiger partial charge in [-0.1, -0.05) is 209 Å². The molecule has 1 amide bonds. The average molecular weight is 836 g/mol. The minimum absolute atomic E-state index is 0.0179. The van der Waals surface area contributed by atoms with E-state index in [1.807, 2.05) is 0 Å². The number of aliphatic hydroxyl groups excluding tert-OH is 2. The first-order valence-corrected chi connectivity index (χ1v) is 24.8. The minimum Gasteiger partial charge on any atom is -0.462 e. The molecule has 6 heteroatoms. The van der Waals surface area contributed by atoms with Gasteiger partial charge in [0.05, 0.1) is 25.2 Å². The number of hydrogen-bond donors (Lipinski definition) is 3. The second-order valence-corrected chi connectivity index (χ2v) is 16.5. The van der Waals surface area contributed by atoms with Crippen LogP contribution < -0.4 is 5.32 Å². The molecule has 0 aromatic heterocycles. The fourth-order valence-electron chi connectivity index (χ4n) is 6.99. The van der Waals surface area contributed by atoms with Crippen molar-refractivity contribution in [3.05, 3.63) is 85.1 Å². The van der Waals surface area contributed by atoms with E-state index in [1.54, 1.807) is 0 Å². The third-order valence-electron chi connectivity index (χ3n) is 10.7. The number of carbonyl (C=O) groups excluding carboxylic acids is 2. The van der Waals surface area contributed by atoms with Crippen molar-refractivity contribution in [2.45, 2.75) is 238 Å². The Morgan fingerprint density at radius 2 is 0.967 bits per heavy atom. The van der Waals surface area contributed by atoms with Crippen molar-refractivity contribution < 1.29 is 24.5 Å². The largest absolute Gasteiger partial charge is 0.462 e. The fraction of sp³-hybridized carbons (Fsp3) is 0.704. The topological polar surface area (TPSA) is 95.9 Å². The monoisotopic (exact) mass is 836 g/mol. The van der Waals surface area contributed by atoms with Gasteiger partial charge in [-0.05, 0) is 83.5 Å². The van der Waals surface area contributed by atoms with Crippen LogP contribution >= 0.6 is 0 Å². The van der Waals surface area contributed by atoms with Gasteiger partial charge in [-0.3, -0.25) is 9.59 Å². The van der Waals surface area contributed by atoms with Crippen LogP contribution in [0, 0.1) is 0 Å². The predicted octanol–water partition coefficient (Wildman–Crippen LogP) is 14.8. The highest BCUT2D eigenvalue weighted by Gasteiger charge is 2.24. The first-order chi connectivity index (χ1) is 29.5. The van der Waals surface area contributed by atoms with Crippen molar-refractivity contribution in [1.29, 1.82) is 0 Å². The second-order valence-electron chi connectivity index (χ2n) is 16.5. The van der Waals surface area contributed by atoms with Crippen LogP contribution in [0.2, 0.25) is 0 Å².